The lowest BCUT2D eigenvalue weighted by Gasteiger charge is -2.28. The zero-order chi connectivity index (χ0) is 12.9. The van der Waals surface area contributed by atoms with Gasteiger partial charge in [-0.15, -0.1) is 0 Å². The Bertz CT molecular complexity index is 196. The Hall–Kier alpha value is -0.0400. The third kappa shape index (κ3) is 6.45. The van der Waals surface area contributed by atoms with E-state index in [1.54, 1.807) is 0 Å². The van der Waals surface area contributed by atoms with Crippen molar-refractivity contribution in [2.24, 2.45) is 17.3 Å². The molecule has 0 aliphatic heterocycles. The summed E-state index contributed by atoms with van der Waals surface area (Å²) < 4.78 is 0. The van der Waals surface area contributed by atoms with Gasteiger partial charge in [-0.1, -0.05) is 60.3 Å². The Morgan fingerprint density at radius 1 is 1.12 bits per heavy atom. The van der Waals surface area contributed by atoms with E-state index in [1.165, 1.54) is 45.1 Å². The molecule has 0 aromatic rings. The van der Waals surface area contributed by atoms with Crippen molar-refractivity contribution in [3.8, 4) is 0 Å². The highest BCUT2D eigenvalue weighted by atomic mass is 14.9. The maximum absolute atomic E-state index is 3.66. The summed E-state index contributed by atoms with van der Waals surface area (Å²) in [6, 6.07) is 0.633. The van der Waals surface area contributed by atoms with Gasteiger partial charge in [0.25, 0.3) is 0 Å². The third-order valence-corrected chi connectivity index (χ3v) is 4.12. The molecule has 0 heterocycles. The summed E-state index contributed by atoms with van der Waals surface area (Å²) in [7, 11) is 0. The third-order valence-electron chi connectivity index (χ3n) is 4.12. The van der Waals surface area contributed by atoms with E-state index < -0.39 is 0 Å². The van der Waals surface area contributed by atoms with E-state index >= 15 is 0 Å². The highest BCUT2D eigenvalue weighted by Crippen LogP contribution is 2.35. The summed E-state index contributed by atoms with van der Waals surface area (Å²) in [6.07, 6.45) is 8.68. The topological polar surface area (TPSA) is 12.0 Å². The van der Waals surface area contributed by atoms with Gasteiger partial charge in [0.1, 0.15) is 0 Å². The van der Waals surface area contributed by atoms with Gasteiger partial charge >= 0.3 is 0 Å². The summed E-state index contributed by atoms with van der Waals surface area (Å²) in [6.45, 7) is 12.9. The highest BCUT2D eigenvalue weighted by Gasteiger charge is 2.26. The minimum absolute atomic E-state index is 0.495. The normalized spacial score (nSPS) is 20.1. The van der Waals surface area contributed by atoms with Crippen LogP contribution in [0.5, 0.6) is 0 Å². The van der Waals surface area contributed by atoms with E-state index in [-0.39, 0.29) is 0 Å². The Balaban J connectivity index is 2.40. The summed E-state index contributed by atoms with van der Waals surface area (Å²) >= 11 is 0. The van der Waals surface area contributed by atoms with Crippen molar-refractivity contribution in [3.05, 3.63) is 0 Å². The first-order valence-electron chi connectivity index (χ1n) is 7.62. The Morgan fingerprint density at radius 3 is 2.18 bits per heavy atom. The van der Waals surface area contributed by atoms with Crippen molar-refractivity contribution in [2.75, 3.05) is 6.54 Å². The number of hydrogen-bond donors (Lipinski definition) is 1. The van der Waals surface area contributed by atoms with Crippen molar-refractivity contribution in [1.29, 1.82) is 0 Å². The van der Waals surface area contributed by atoms with Gasteiger partial charge in [-0.05, 0) is 36.6 Å². The average Bonchev–Trinajstić information content (AvgIpc) is 2.68. The molecule has 1 fully saturated rings. The van der Waals surface area contributed by atoms with Gasteiger partial charge in [0.2, 0.25) is 0 Å². The van der Waals surface area contributed by atoms with Gasteiger partial charge in [0, 0.05) is 6.04 Å². The zero-order valence-electron chi connectivity index (χ0n) is 12.7. The largest absolute Gasteiger partial charge is 0.314 e. The van der Waals surface area contributed by atoms with Gasteiger partial charge < -0.3 is 5.32 Å². The van der Waals surface area contributed by atoms with Crippen LogP contribution in [0.2, 0.25) is 0 Å². The van der Waals surface area contributed by atoms with Crippen molar-refractivity contribution in [2.45, 2.75) is 79.2 Å². The molecule has 1 saturated carbocycles. The SMILES string of the molecule is CC(C)NCC(CCC(C)(C)C)C1CCCC1. The van der Waals surface area contributed by atoms with Crippen molar-refractivity contribution >= 4 is 0 Å². The molecule has 0 aromatic carbocycles. The molecule has 0 spiro atoms. The molecule has 1 N–H and O–H groups in total. The van der Waals surface area contributed by atoms with Gasteiger partial charge in [0.05, 0.1) is 0 Å². The Kier molecular flexibility index (Phi) is 5.99. The van der Waals surface area contributed by atoms with Gasteiger partial charge in [0.15, 0.2) is 0 Å². The molecular weight excluding hydrogens is 206 g/mol. The first kappa shape index (κ1) is 15.0. The minimum Gasteiger partial charge on any atom is -0.314 e. The lowest BCUT2D eigenvalue weighted by molar-refractivity contribution is 0.248. The minimum atomic E-state index is 0.495. The first-order chi connectivity index (χ1) is 7.88. The van der Waals surface area contributed by atoms with Crippen LogP contribution in [-0.4, -0.2) is 12.6 Å². The molecule has 0 bridgehead atoms. The molecule has 1 rings (SSSR count). The molecule has 1 aliphatic rings. The molecule has 1 atom stereocenters. The fourth-order valence-corrected chi connectivity index (χ4v) is 2.94. The summed E-state index contributed by atoms with van der Waals surface area (Å²) in [5.74, 6) is 1.92. The Morgan fingerprint density at radius 2 is 1.71 bits per heavy atom. The molecule has 0 amide bonds. The van der Waals surface area contributed by atoms with Crippen LogP contribution in [0.4, 0.5) is 0 Å². The van der Waals surface area contributed by atoms with Gasteiger partial charge in [-0.2, -0.15) is 0 Å². The summed E-state index contributed by atoms with van der Waals surface area (Å²) in [5.41, 5.74) is 0.495. The molecule has 1 nitrogen and oxygen atoms in total. The second kappa shape index (κ2) is 6.78. The molecule has 0 radical (unpaired) electrons. The second-order valence-corrected chi connectivity index (χ2v) is 7.47. The van der Waals surface area contributed by atoms with E-state index in [9.17, 15) is 0 Å². The van der Waals surface area contributed by atoms with E-state index in [0.29, 0.717) is 11.5 Å². The van der Waals surface area contributed by atoms with E-state index in [4.69, 9.17) is 0 Å². The molecule has 17 heavy (non-hydrogen) atoms. The van der Waals surface area contributed by atoms with Crippen LogP contribution in [0.3, 0.4) is 0 Å². The number of nitrogens with one attached hydrogen (secondary N) is 1. The van der Waals surface area contributed by atoms with Crippen LogP contribution in [0.1, 0.15) is 73.1 Å². The molecule has 0 aromatic heterocycles. The lowest BCUT2D eigenvalue weighted by atomic mass is 9.81. The van der Waals surface area contributed by atoms with E-state index in [2.05, 4.69) is 39.9 Å². The van der Waals surface area contributed by atoms with Crippen LogP contribution < -0.4 is 5.32 Å². The molecular formula is C16H33N. The number of rotatable bonds is 6. The zero-order valence-corrected chi connectivity index (χ0v) is 12.7. The maximum Gasteiger partial charge on any atom is 0.00104 e. The van der Waals surface area contributed by atoms with Crippen LogP contribution in [0.25, 0.3) is 0 Å². The van der Waals surface area contributed by atoms with Gasteiger partial charge in [-0.25, -0.2) is 0 Å². The van der Waals surface area contributed by atoms with Crippen LogP contribution in [0.15, 0.2) is 0 Å². The van der Waals surface area contributed by atoms with Crippen LogP contribution in [0, 0.1) is 17.3 Å². The molecule has 1 unspecified atom stereocenters. The summed E-state index contributed by atoms with van der Waals surface area (Å²) in [4.78, 5) is 0. The predicted octanol–water partition coefficient (Wildman–Crippen LogP) is 4.62. The van der Waals surface area contributed by atoms with Crippen LogP contribution in [-0.2, 0) is 0 Å². The average molecular weight is 239 g/mol. The number of hydrogen-bond acceptors (Lipinski definition) is 1. The fourth-order valence-electron chi connectivity index (χ4n) is 2.94. The molecule has 0 saturated heterocycles. The first-order valence-corrected chi connectivity index (χ1v) is 7.62. The molecule has 1 aliphatic carbocycles. The maximum atomic E-state index is 3.66. The van der Waals surface area contributed by atoms with E-state index in [1.807, 2.05) is 0 Å². The quantitative estimate of drug-likeness (QED) is 0.713. The van der Waals surface area contributed by atoms with E-state index in [0.717, 1.165) is 11.8 Å². The van der Waals surface area contributed by atoms with Gasteiger partial charge in [-0.3, -0.25) is 0 Å². The smallest absolute Gasteiger partial charge is 0.00104 e. The molecule has 102 valence electrons. The van der Waals surface area contributed by atoms with Crippen molar-refractivity contribution < 1.29 is 0 Å². The summed E-state index contributed by atoms with van der Waals surface area (Å²) in [5, 5.41) is 3.66. The van der Waals surface area contributed by atoms with Crippen LogP contribution >= 0.6 is 0 Å². The molecule has 1 heteroatoms. The predicted molar refractivity (Wildman–Crippen MR) is 77.3 cm³/mol. The van der Waals surface area contributed by atoms with Crippen molar-refractivity contribution in [1.82, 2.24) is 5.32 Å². The van der Waals surface area contributed by atoms with Crippen molar-refractivity contribution in [3.63, 3.8) is 0 Å². The lowest BCUT2D eigenvalue weighted by Crippen LogP contribution is -2.32. The fraction of sp³-hybridized carbons (Fsp3) is 1.00. The second-order valence-electron chi connectivity index (χ2n) is 7.47. The Labute approximate surface area is 109 Å². The monoisotopic (exact) mass is 239 g/mol. The standard InChI is InChI=1S/C16H33N/c1-13(2)17-12-15(10-11-16(3,4)5)14-8-6-7-9-14/h13-15,17H,6-12H2,1-5H3. The highest BCUT2D eigenvalue weighted by molar-refractivity contribution is 4.79.